The van der Waals surface area contributed by atoms with Crippen molar-refractivity contribution in [3.63, 3.8) is 0 Å². The third-order valence-electron chi connectivity index (χ3n) is 2.66. The van der Waals surface area contributed by atoms with E-state index in [2.05, 4.69) is 5.32 Å². The normalized spacial score (nSPS) is 20.9. The molecule has 3 N–H and O–H groups in total. The molecule has 0 atom stereocenters. The summed E-state index contributed by atoms with van der Waals surface area (Å²) in [6.45, 7) is 0.163. The lowest BCUT2D eigenvalue weighted by Crippen LogP contribution is -2.52. The molecule has 0 spiro atoms. The van der Waals surface area contributed by atoms with E-state index in [1.807, 2.05) is 0 Å². The number of nitrogens with one attached hydrogen (secondary N) is 1. The molecule has 0 bridgehead atoms. The molecule has 0 aromatic carbocycles. The van der Waals surface area contributed by atoms with E-state index in [4.69, 9.17) is 5.73 Å². The Balaban J connectivity index is 2.32. The summed E-state index contributed by atoms with van der Waals surface area (Å²) in [6, 6.07) is 0. The molecule has 1 saturated carbocycles. The summed E-state index contributed by atoms with van der Waals surface area (Å²) in [6.07, 6.45) is 1.83. The fourth-order valence-electron chi connectivity index (χ4n) is 1.77. The van der Waals surface area contributed by atoms with Gasteiger partial charge in [0.1, 0.15) is 0 Å². The van der Waals surface area contributed by atoms with Crippen LogP contribution in [0.1, 0.15) is 32.1 Å². The maximum atomic E-state index is 11.9. The van der Waals surface area contributed by atoms with Gasteiger partial charge in [-0.2, -0.15) is 8.78 Å². The molecule has 3 nitrogen and oxygen atoms in total. The first-order valence-corrected chi connectivity index (χ1v) is 4.88. The zero-order valence-corrected chi connectivity index (χ0v) is 8.06. The molecule has 0 saturated heterocycles. The van der Waals surface area contributed by atoms with Gasteiger partial charge >= 0.3 is 6.43 Å². The molecule has 1 amide bonds. The second-order valence-electron chi connectivity index (χ2n) is 3.94. The summed E-state index contributed by atoms with van der Waals surface area (Å²) in [5.41, 5.74) is 5.48. The quantitative estimate of drug-likeness (QED) is 0.724. The number of hydrogen-bond donors (Lipinski definition) is 2. The zero-order valence-electron chi connectivity index (χ0n) is 8.06. The SMILES string of the molecule is NC1(CNC(=O)C(F)F)CCCCC1. The molecule has 0 heterocycles. The first kappa shape index (κ1) is 11.4. The fourth-order valence-corrected chi connectivity index (χ4v) is 1.77. The molecule has 1 rings (SSSR count). The van der Waals surface area contributed by atoms with Gasteiger partial charge in [-0.25, -0.2) is 0 Å². The summed E-state index contributed by atoms with van der Waals surface area (Å²) >= 11 is 0. The zero-order chi connectivity index (χ0) is 10.6. The molecule has 0 unspecified atom stereocenters. The van der Waals surface area contributed by atoms with Crippen molar-refractivity contribution in [2.45, 2.75) is 44.1 Å². The number of hydrogen-bond acceptors (Lipinski definition) is 2. The molecule has 1 aliphatic carbocycles. The van der Waals surface area contributed by atoms with E-state index < -0.39 is 17.9 Å². The van der Waals surface area contributed by atoms with Crippen molar-refractivity contribution in [1.82, 2.24) is 5.32 Å². The first-order valence-electron chi connectivity index (χ1n) is 4.88. The standard InChI is InChI=1S/C9H16F2N2O/c10-7(11)8(14)13-6-9(12)4-2-1-3-5-9/h7H,1-6,12H2,(H,13,14). The number of amides is 1. The van der Waals surface area contributed by atoms with Crippen LogP contribution in [0.15, 0.2) is 0 Å². The van der Waals surface area contributed by atoms with Gasteiger partial charge in [0.05, 0.1) is 0 Å². The van der Waals surface area contributed by atoms with E-state index in [-0.39, 0.29) is 6.54 Å². The Morgan fingerprint density at radius 3 is 2.43 bits per heavy atom. The van der Waals surface area contributed by atoms with Gasteiger partial charge in [0.2, 0.25) is 0 Å². The molecule has 82 valence electrons. The van der Waals surface area contributed by atoms with Gasteiger partial charge < -0.3 is 11.1 Å². The Morgan fingerprint density at radius 1 is 1.36 bits per heavy atom. The van der Waals surface area contributed by atoms with Crippen LogP contribution in [0.4, 0.5) is 8.78 Å². The molecule has 0 aliphatic heterocycles. The third-order valence-corrected chi connectivity index (χ3v) is 2.66. The minimum absolute atomic E-state index is 0.163. The lowest BCUT2D eigenvalue weighted by atomic mass is 9.82. The number of halogens is 2. The van der Waals surface area contributed by atoms with Crippen molar-refractivity contribution in [2.75, 3.05) is 6.54 Å². The highest BCUT2D eigenvalue weighted by Crippen LogP contribution is 2.25. The number of nitrogens with two attached hydrogens (primary N) is 1. The van der Waals surface area contributed by atoms with Gasteiger partial charge in [0.25, 0.3) is 5.91 Å². The minimum Gasteiger partial charge on any atom is -0.349 e. The maximum Gasteiger partial charge on any atom is 0.315 e. The summed E-state index contributed by atoms with van der Waals surface area (Å²) in [4.78, 5) is 10.6. The Labute approximate surface area is 82.0 Å². The topological polar surface area (TPSA) is 55.1 Å². The van der Waals surface area contributed by atoms with Gasteiger partial charge in [-0.1, -0.05) is 19.3 Å². The molecular weight excluding hydrogens is 190 g/mol. The second-order valence-corrected chi connectivity index (χ2v) is 3.94. The minimum atomic E-state index is -2.94. The van der Waals surface area contributed by atoms with Crippen molar-refractivity contribution in [1.29, 1.82) is 0 Å². The summed E-state index contributed by atoms with van der Waals surface area (Å²) in [5, 5.41) is 2.18. The Hall–Kier alpha value is -0.710. The Morgan fingerprint density at radius 2 is 1.93 bits per heavy atom. The molecule has 5 heteroatoms. The van der Waals surface area contributed by atoms with E-state index in [1.54, 1.807) is 0 Å². The van der Waals surface area contributed by atoms with Crippen LogP contribution >= 0.6 is 0 Å². The Kier molecular flexibility index (Phi) is 3.80. The molecule has 0 aromatic rings. The first-order chi connectivity index (χ1) is 6.53. The molecule has 0 radical (unpaired) electrons. The van der Waals surface area contributed by atoms with Crippen LogP contribution in [0.25, 0.3) is 0 Å². The van der Waals surface area contributed by atoms with Crippen LogP contribution in [0.3, 0.4) is 0 Å². The van der Waals surface area contributed by atoms with Crippen LogP contribution in [-0.2, 0) is 4.79 Å². The van der Waals surface area contributed by atoms with E-state index in [1.165, 1.54) is 0 Å². The molecular formula is C9H16F2N2O. The van der Waals surface area contributed by atoms with Crippen LogP contribution in [-0.4, -0.2) is 24.4 Å². The smallest absolute Gasteiger partial charge is 0.315 e. The maximum absolute atomic E-state index is 11.9. The summed E-state index contributed by atoms with van der Waals surface area (Å²) in [7, 11) is 0. The van der Waals surface area contributed by atoms with Gasteiger partial charge in [-0.3, -0.25) is 4.79 Å². The average Bonchev–Trinajstić information content (AvgIpc) is 2.15. The predicted octanol–water partition coefficient (Wildman–Crippen LogP) is 1.03. The average molecular weight is 206 g/mol. The van der Waals surface area contributed by atoms with E-state index in [0.29, 0.717) is 0 Å². The largest absolute Gasteiger partial charge is 0.349 e. The van der Waals surface area contributed by atoms with E-state index in [9.17, 15) is 13.6 Å². The van der Waals surface area contributed by atoms with Gasteiger partial charge in [0.15, 0.2) is 0 Å². The van der Waals surface area contributed by atoms with Crippen LogP contribution in [0.2, 0.25) is 0 Å². The van der Waals surface area contributed by atoms with Gasteiger partial charge in [0, 0.05) is 12.1 Å². The van der Waals surface area contributed by atoms with E-state index in [0.717, 1.165) is 32.1 Å². The molecule has 1 aliphatic rings. The van der Waals surface area contributed by atoms with Crippen LogP contribution in [0.5, 0.6) is 0 Å². The van der Waals surface area contributed by atoms with Crippen molar-refractivity contribution in [2.24, 2.45) is 5.73 Å². The second kappa shape index (κ2) is 4.68. The third kappa shape index (κ3) is 3.21. The summed E-state index contributed by atoms with van der Waals surface area (Å²) < 4.78 is 23.7. The molecule has 0 aromatic heterocycles. The Bertz CT molecular complexity index is 203. The van der Waals surface area contributed by atoms with Crippen molar-refractivity contribution < 1.29 is 13.6 Å². The molecule has 1 fully saturated rings. The van der Waals surface area contributed by atoms with Gasteiger partial charge in [-0.05, 0) is 12.8 Å². The van der Waals surface area contributed by atoms with Crippen LogP contribution < -0.4 is 11.1 Å². The lowest BCUT2D eigenvalue weighted by molar-refractivity contribution is -0.132. The highest BCUT2D eigenvalue weighted by Gasteiger charge is 2.28. The predicted molar refractivity (Wildman–Crippen MR) is 49.0 cm³/mol. The monoisotopic (exact) mass is 206 g/mol. The number of alkyl halides is 2. The number of rotatable bonds is 3. The van der Waals surface area contributed by atoms with Gasteiger partial charge in [-0.15, -0.1) is 0 Å². The lowest BCUT2D eigenvalue weighted by Gasteiger charge is -2.33. The number of carbonyl (C=O) groups excluding carboxylic acids is 1. The highest BCUT2D eigenvalue weighted by molar-refractivity contribution is 5.79. The van der Waals surface area contributed by atoms with Crippen molar-refractivity contribution >= 4 is 5.91 Å². The molecule has 14 heavy (non-hydrogen) atoms. The van der Waals surface area contributed by atoms with E-state index >= 15 is 0 Å². The van der Waals surface area contributed by atoms with Crippen molar-refractivity contribution in [3.05, 3.63) is 0 Å². The highest BCUT2D eigenvalue weighted by atomic mass is 19.3. The number of carbonyl (C=O) groups is 1. The van der Waals surface area contributed by atoms with Crippen molar-refractivity contribution in [3.8, 4) is 0 Å². The summed E-state index contributed by atoms with van der Waals surface area (Å²) in [5.74, 6) is -1.22. The van der Waals surface area contributed by atoms with Crippen LogP contribution in [0, 0.1) is 0 Å². The fraction of sp³-hybridized carbons (Fsp3) is 0.889.